The van der Waals surface area contributed by atoms with Gasteiger partial charge in [0, 0.05) is 25.2 Å². The maximum atomic E-state index is 13.2. The van der Waals surface area contributed by atoms with Gasteiger partial charge in [0.2, 0.25) is 0 Å². The topological polar surface area (TPSA) is 61.4 Å². The van der Waals surface area contributed by atoms with E-state index in [2.05, 4.69) is 10.0 Å². The van der Waals surface area contributed by atoms with E-state index < -0.39 is 21.8 Å². The molecule has 118 valence electrons. The molecule has 0 aromatic heterocycles. The molecule has 0 bridgehead atoms. The molecule has 1 aliphatic rings. The lowest BCUT2D eigenvalue weighted by Crippen LogP contribution is -2.49. The number of piperidine rings is 1. The summed E-state index contributed by atoms with van der Waals surface area (Å²) in [5.41, 5.74) is 0.0164. The molecule has 2 N–H and O–H groups in total. The number of benzene rings is 1. The molecule has 8 heteroatoms. The van der Waals surface area contributed by atoms with E-state index in [-0.39, 0.29) is 11.7 Å². The minimum atomic E-state index is -3.78. The average molecular weight is 319 g/mol. The third-order valence-corrected chi connectivity index (χ3v) is 5.08. The highest BCUT2D eigenvalue weighted by Crippen LogP contribution is 2.22. The van der Waals surface area contributed by atoms with Crippen LogP contribution in [0.3, 0.4) is 0 Å². The van der Waals surface area contributed by atoms with Gasteiger partial charge in [-0.1, -0.05) is 6.42 Å². The van der Waals surface area contributed by atoms with Crippen molar-refractivity contribution >= 4 is 15.9 Å². The number of anilines is 1. The highest BCUT2D eigenvalue weighted by atomic mass is 32.2. The maximum absolute atomic E-state index is 13.2. The number of likely N-dealkylation sites (N-methyl/N-ethyl adjacent to an activating group) is 1. The zero-order chi connectivity index (χ0) is 15.5. The van der Waals surface area contributed by atoms with Crippen molar-refractivity contribution in [2.45, 2.75) is 25.3 Å². The van der Waals surface area contributed by atoms with Crippen LogP contribution in [-0.2, 0) is 10.2 Å². The Morgan fingerprint density at radius 1 is 1.29 bits per heavy atom. The molecule has 1 unspecified atom stereocenters. The molecule has 1 atom stereocenters. The molecule has 0 saturated carbocycles. The monoisotopic (exact) mass is 319 g/mol. The van der Waals surface area contributed by atoms with Gasteiger partial charge in [0.25, 0.3) is 0 Å². The van der Waals surface area contributed by atoms with Crippen LogP contribution in [0.25, 0.3) is 0 Å². The van der Waals surface area contributed by atoms with Crippen LogP contribution in [0, 0.1) is 11.6 Å². The minimum Gasteiger partial charge on any atom is -0.318 e. The fourth-order valence-corrected chi connectivity index (χ4v) is 3.98. The predicted octanol–water partition coefficient (Wildman–Crippen LogP) is 1.70. The molecule has 1 aromatic rings. The van der Waals surface area contributed by atoms with Crippen LogP contribution >= 0.6 is 0 Å². The molecule has 21 heavy (non-hydrogen) atoms. The van der Waals surface area contributed by atoms with Crippen LogP contribution in [0.4, 0.5) is 14.5 Å². The van der Waals surface area contributed by atoms with E-state index in [1.807, 2.05) is 0 Å². The third-order valence-electron chi connectivity index (χ3n) is 3.49. The SMILES string of the molecule is CNCC1CCCCN1S(=O)(=O)Nc1ccc(F)c(F)c1. The summed E-state index contributed by atoms with van der Waals surface area (Å²) in [6, 6.07) is 2.80. The molecule has 5 nitrogen and oxygen atoms in total. The van der Waals surface area contributed by atoms with E-state index in [1.165, 1.54) is 10.4 Å². The fraction of sp³-hybridized carbons (Fsp3) is 0.538. The first-order valence-electron chi connectivity index (χ1n) is 6.83. The van der Waals surface area contributed by atoms with E-state index in [9.17, 15) is 17.2 Å². The smallest absolute Gasteiger partial charge is 0.301 e. The number of nitrogens with one attached hydrogen (secondary N) is 2. The molecule has 1 heterocycles. The fourth-order valence-electron chi connectivity index (χ4n) is 2.50. The number of hydrogen-bond acceptors (Lipinski definition) is 3. The van der Waals surface area contributed by atoms with Crippen molar-refractivity contribution in [3.63, 3.8) is 0 Å². The van der Waals surface area contributed by atoms with Gasteiger partial charge >= 0.3 is 10.2 Å². The van der Waals surface area contributed by atoms with Crippen LogP contribution in [0.5, 0.6) is 0 Å². The van der Waals surface area contributed by atoms with Crippen LogP contribution in [0.2, 0.25) is 0 Å². The molecule has 0 amide bonds. The summed E-state index contributed by atoms with van der Waals surface area (Å²) in [5, 5.41) is 2.98. The second-order valence-electron chi connectivity index (χ2n) is 5.05. The molecular formula is C13H19F2N3O2S. The first-order chi connectivity index (χ1) is 9.94. The van der Waals surface area contributed by atoms with Crippen molar-refractivity contribution in [1.82, 2.24) is 9.62 Å². The number of hydrogen-bond donors (Lipinski definition) is 2. The summed E-state index contributed by atoms with van der Waals surface area (Å²) in [7, 11) is -2.02. The van der Waals surface area contributed by atoms with Gasteiger partial charge in [-0.2, -0.15) is 12.7 Å². The summed E-state index contributed by atoms with van der Waals surface area (Å²) < 4.78 is 54.5. The molecule has 0 spiro atoms. The van der Waals surface area contributed by atoms with E-state index >= 15 is 0 Å². The second kappa shape index (κ2) is 6.67. The van der Waals surface area contributed by atoms with Crippen molar-refractivity contribution in [3.8, 4) is 0 Å². The van der Waals surface area contributed by atoms with Crippen LogP contribution in [-0.4, -0.2) is 38.9 Å². The largest absolute Gasteiger partial charge is 0.318 e. The van der Waals surface area contributed by atoms with E-state index in [0.717, 1.165) is 31.4 Å². The van der Waals surface area contributed by atoms with Gasteiger partial charge < -0.3 is 5.32 Å². The number of rotatable bonds is 5. The standard InChI is InChI=1S/C13H19F2N3O2S/c1-16-9-11-4-2-3-7-18(11)21(19,20)17-10-5-6-12(14)13(15)8-10/h5-6,8,11,16-17H,2-4,7,9H2,1H3. The maximum Gasteiger partial charge on any atom is 0.301 e. The first-order valence-corrected chi connectivity index (χ1v) is 8.27. The Balaban J connectivity index is 2.17. The lowest BCUT2D eigenvalue weighted by atomic mass is 10.1. The minimum absolute atomic E-state index is 0.0164. The van der Waals surface area contributed by atoms with Gasteiger partial charge in [-0.15, -0.1) is 0 Å². The highest BCUT2D eigenvalue weighted by molar-refractivity contribution is 7.90. The van der Waals surface area contributed by atoms with Gasteiger partial charge in [-0.3, -0.25) is 4.72 Å². The van der Waals surface area contributed by atoms with Crippen LogP contribution in [0.1, 0.15) is 19.3 Å². The average Bonchev–Trinajstić information content (AvgIpc) is 2.43. The van der Waals surface area contributed by atoms with Gasteiger partial charge in [0.1, 0.15) is 0 Å². The summed E-state index contributed by atoms with van der Waals surface area (Å²) in [4.78, 5) is 0. The molecular weight excluding hydrogens is 300 g/mol. The third kappa shape index (κ3) is 3.90. The molecule has 1 saturated heterocycles. The Morgan fingerprint density at radius 3 is 2.71 bits per heavy atom. The second-order valence-corrected chi connectivity index (χ2v) is 6.68. The Hall–Kier alpha value is -1.25. The van der Waals surface area contributed by atoms with Crippen molar-refractivity contribution in [1.29, 1.82) is 0 Å². The summed E-state index contributed by atoms with van der Waals surface area (Å²) in [6.45, 7) is 0.976. The number of nitrogens with zero attached hydrogens (tertiary/aromatic N) is 1. The predicted molar refractivity (Wildman–Crippen MR) is 77.2 cm³/mol. The van der Waals surface area contributed by atoms with Crippen molar-refractivity contribution in [2.75, 3.05) is 24.9 Å². The Morgan fingerprint density at radius 2 is 2.05 bits per heavy atom. The lowest BCUT2D eigenvalue weighted by Gasteiger charge is -2.34. The first kappa shape index (κ1) is 16.1. The normalized spacial score (nSPS) is 20.4. The lowest BCUT2D eigenvalue weighted by molar-refractivity contribution is 0.250. The number of halogens is 2. The van der Waals surface area contributed by atoms with Crippen LogP contribution < -0.4 is 10.0 Å². The van der Waals surface area contributed by atoms with Gasteiger partial charge in [0.15, 0.2) is 11.6 Å². The van der Waals surface area contributed by atoms with Gasteiger partial charge in [0.05, 0.1) is 5.69 Å². The van der Waals surface area contributed by atoms with Gasteiger partial charge in [-0.25, -0.2) is 8.78 Å². The zero-order valence-electron chi connectivity index (χ0n) is 11.8. The Kier molecular flexibility index (Phi) is 5.13. The van der Waals surface area contributed by atoms with E-state index in [0.29, 0.717) is 13.1 Å². The Bertz CT molecular complexity index is 593. The highest BCUT2D eigenvalue weighted by Gasteiger charge is 2.31. The van der Waals surface area contributed by atoms with Crippen molar-refractivity contribution in [2.24, 2.45) is 0 Å². The molecule has 1 fully saturated rings. The van der Waals surface area contributed by atoms with Crippen LogP contribution in [0.15, 0.2) is 18.2 Å². The summed E-state index contributed by atoms with van der Waals surface area (Å²) in [6.07, 6.45) is 2.54. The molecule has 0 radical (unpaired) electrons. The Labute approximate surface area is 123 Å². The summed E-state index contributed by atoms with van der Waals surface area (Å²) >= 11 is 0. The molecule has 1 aliphatic heterocycles. The summed E-state index contributed by atoms with van der Waals surface area (Å²) in [5.74, 6) is -2.09. The quantitative estimate of drug-likeness (QED) is 0.868. The molecule has 1 aromatic carbocycles. The molecule has 0 aliphatic carbocycles. The van der Waals surface area contributed by atoms with Gasteiger partial charge in [-0.05, 0) is 32.0 Å². The van der Waals surface area contributed by atoms with E-state index in [4.69, 9.17) is 0 Å². The van der Waals surface area contributed by atoms with Crippen molar-refractivity contribution in [3.05, 3.63) is 29.8 Å². The molecule has 2 rings (SSSR count). The zero-order valence-corrected chi connectivity index (χ0v) is 12.6. The van der Waals surface area contributed by atoms with Crippen molar-refractivity contribution < 1.29 is 17.2 Å². The van der Waals surface area contributed by atoms with E-state index in [1.54, 1.807) is 7.05 Å².